The summed E-state index contributed by atoms with van der Waals surface area (Å²) in [4.78, 5) is 2.29. The second-order valence-electron chi connectivity index (χ2n) is 5.25. The lowest BCUT2D eigenvalue weighted by molar-refractivity contribution is 0.121. The molecule has 4 heteroatoms. The zero-order valence-corrected chi connectivity index (χ0v) is 11.9. The van der Waals surface area contributed by atoms with Crippen LogP contribution in [0.25, 0.3) is 0 Å². The smallest absolute Gasteiger partial charge is 0.0963 e. The third-order valence-corrected chi connectivity index (χ3v) is 3.14. The maximum Gasteiger partial charge on any atom is 0.0963 e. The number of nitrogens with two attached hydrogens (primary N) is 1. The molecule has 0 rings (SSSR count). The summed E-state index contributed by atoms with van der Waals surface area (Å²) in [6.45, 7) is 9.77. The number of nitrogens with one attached hydrogen (secondary N) is 1. The highest BCUT2D eigenvalue weighted by Crippen LogP contribution is 2.22. The Morgan fingerprint density at radius 2 is 1.94 bits per heavy atom. The van der Waals surface area contributed by atoms with Crippen LogP contribution in [0.15, 0.2) is 0 Å². The lowest BCUT2D eigenvalue weighted by Gasteiger charge is -2.23. The lowest BCUT2D eigenvalue weighted by Crippen LogP contribution is -2.31. The molecule has 0 amide bonds. The van der Waals surface area contributed by atoms with Crippen LogP contribution in [0.4, 0.5) is 0 Å². The quantitative estimate of drug-likeness (QED) is 0.351. The van der Waals surface area contributed by atoms with E-state index in [1.165, 1.54) is 0 Å². The number of hydrogen-bond donors (Lipinski definition) is 2. The van der Waals surface area contributed by atoms with E-state index in [-0.39, 0.29) is 5.41 Å². The summed E-state index contributed by atoms with van der Waals surface area (Å²) in [7, 11) is 2.12. The predicted molar refractivity (Wildman–Crippen MR) is 73.5 cm³/mol. The monoisotopic (exact) mass is 243 g/mol. The fourth-order valence-electron chi connectivity index (χ4n) is 1.56. The fraction of sp³-hybridized carbons (Fsp3) is 0.923. The van der Waals surface area contributed by atoms with Crippen molar-refractivity contribution in [2.45, 2.75) is 40.0 Å². The zero-order valence-electron chi connectivity index (χ0n) is 11.9. The molecule has 0 unspecified atom stereocenters. The molecule has 0 fully saturated rings. The van der Waals surface area contributed by atoms with Crippen LogP contribution >= 0.6 is 0 Å². The van der Waals surface area contributed by atoms with Gasteiger partial charge in [0, 0.05) is 18.6 Å². The highest BCUT2D eigenvalue weighted by atomic mass is 16.5. The molecule has 0 aromatic heterocycles. The molecule has 4 nitrogen and oxygen atoms in total. The molecule has 17 heavy (non-hydrogen) atoms. The van der Waals surface area contributed by atoms with Gasteiger partial charge in [0.1, 0.15) is 0 Å². The third kappa shape index (κ3) is 8.16. The third-order valence-electron chi connectivity index (χ3n) is 3.14. The molecule has 0 atom stereocenters. The highest BCUT2D eigenvalue weighted by molar-refractivity contribution is 5.82. The summed E-state index contributed by atoms with van der Waals surface area (Å²) in [6.07, 6.45) is 3.26. The zero-order chi connectivity index (χ0) is 13.3. The van der Waals surface area contributed by atoms with E-state index in [0.29, 0.717) is 5.84 Å². The minimum atomic E-state index is -0.149. The minimum Gasteiger partial charge on any atom is -0.387 e. The van der Waals surface area contributed by atoms with Crippen molar-refractivity contribution < 1.29 is 4.74 Å². The van der Waals surface area contributed by atoms with Crippen molar-refractivity contribution in [1.82, 2.24) is 4.90 Å². The van der Waals surface area contributed by atoms with Gasteiger partial charge in [0.25, 0.3) is 0 Å². The van der Waals surface area contributed by atoms with Gasteiger partial charge >= 0.3 is 0 Å². The molecule has 0 radical (unpaired) electrons. The summed E-state index contributed by atoms with van der Waals surface area (Å²) in [5.41, 5.74) is 5.40. The Morgan fingerprint density at radius 1 is 1.29 bits per heavy atom. The van der Waals surface area contributed by atoms with Crippen LogP contribution in [0.5, 0.6) is 0 Å². The fourth-order valence-corrected chi connectivity index (χ4v) is 1.56. The first-order valence-corrected chi connectivity index (χ1v) is 6.51. The molecule has 0 spiro atoms. The van der Waals surface area contributed by atoms with Gasteiger partial charge in [-0.05, 0) is 33.4 Å². The van der Waals surface area contributed by atoms with Crippen LogP contribution in [0, 0.1) is 10.8 Å². The molecular formula is C13H29N3O. The van der Waals surface area contributed by atoms with Crippen molar-refractivity contribution in [3.63, 3.8) is 0 Å². The van der Waals surface area contributed by atoms with E-state index in [4.69, 9.17) is 15.9 Å². The Kier molecular flexibility index (Phi) is 8.17. The largest absolute Gasteiger partial charge is 0.387 e. The Bertz CT molecular complexity index is 217. The second kappa shape index (κ2) is 8.48. The Labute approximate surface area is 106 Å². The molecule has 0 heterocycles. The van der Waals surface area contributed by atoms with Gasteiger partial charge in [-0.1, -0.05) is 20.3 Å². The molecule has 0 aromatic carbocycles. The number of amidine groups is 1. The van der Waals surface area contributed by atoms with Crippen molar-refractivity contribution in [3.05, 3.63) is 0 Å². The Balaban J connectivity index is 3.54. The summed E-state index contributed by atoms with van der Waals surface area (Å²) in [5.74, 6) is 0.294. The Hall–Kier alpha value is -0.610. The number of hydrogen-bond acceptors (Lipinski definition) is 3. The van der Waals surface area contributed by atoms with E-state index in [0.717, 1.165) is 45.6 Å². The number of rotatable bonds is 10. The molecule has 0 bridgehead atoms. The van der Waals surface area contributed by atoms with Crippen LogP contribution in [-0.4, -0.2) is 44.1 Å². The van der Waals surface area contributed by atoms with Crippen LogP contribution in [0.1, 0.15) is 40.0 Å². The number of unbranched alkanes of at least 4 members (excludes halogenated alkanes) is 1. The van der Waals surface area contributed by atoms with Gasteiger partial charge < -0.3 is 15.4 Å². The molecule has 0 aliphatic carbocycles. The number of likely N-dealkylation sites (N-methyl/N-ethyl adjacent to an activating group) is 1. The maximum atomic E-state index is 7.48. The molecule has 3 N–H and O–H groups in total. The van der Waals surface area contributed by atoms with Gasteiger partial charge in [0.2, 0.25) is 0 Å². The molecule has 0 aliphatic heterocycles. The van der Waals surface area contributed by atoms with Crippen LogP contribution in [0.3, 0.4) is 0 Å². The van der Waals surface area contributed by atoms with Crippen molar-refractivity contribution in [3.8, 4) is 0 Å². The van der Waals surface area contributed by atoms with Gasteiger partial charge in [-0.3, -0.25) is 5.41 Å². The maximum absolute atomic E-state index is 7.48. The molecule has 0 saturated heterocycles. The van der Waals surface area contributed by atoms with Gasteiger partial charge in [-0.2, -0.15) is 0 Å². The average Bonchev–Trinajstić information content (AvgIpc) is 2.24. The first-order valence-electron chi connectivity index (χ1n) is 6.51. The van der Waals surface area contributed by atoms with Gasteiger partial charge in [-0.25, -0.2) is 0 Å². The summed E-state index contributed by atoms with van der Waals surface area (Å²) in [5, 5.41) is 7.48. The van der Waals surface area contributed by atoms with Crippen molar-refractivity contribution >= 4 is 5.84 Å². The number of ether oxygens (including phenoxy) is 1. The van der Waals surface area contributed by atoms with E-state index >= 15 is 0 Å². The van der Waals surface area contributed by atoms with Gasteiger partial charge in [0.05, 0.1) is 12.4 Å². The predicted octanol–water partition coefficient (Wildman–Crippen LogP) is 2.09. The van der Waals surface area contributed by atoms with Crippen LogP contribution in [0.2, 0.25) is 0 Å². The topological polar surface area (TPSA) is 62.3 Å². The Morgan fingerprint density at radius 3 is 2.47 bits per heavy atom. The van der Waals surface area contributed by atoms with Crippen LogP contribution < -0.4 is 5.73 Å². The molecule has 0 aromatic rings. The number of nitrogens with zero attached hydrogens (tertiary/aromatic N) is 1. The van der Waals surface area contributed by atoms with E-state index in [2.05, 4.69) is 11.9 Å². The van der Waals surface area contributed by atoms with Crippen LogP contribution in [-0.2, 0) is 4.74 Å². The summed E-state index contributed by atoms with van der Waals surface area (Å²) in [6, 6.07) is 0. The first kappa shape index (κ1) is 16.4. The average molecular weight is 243 g/mol. The van der Waals surface area contributed by atoms with E-state index in [1.807, 2.05) is 20.8 Å². The van der Waals surface area contributed by atoms with Crippen molar-refractivity contribution in [2.24, 2.45) is 11.1 Å². The van der Waals surface area contributed by atoms with Gasteiger partial charge in [-0.15, -0.1) is 0 Å². The molecule has 102 valence electrons. The van der Waals surface area contributed by atoms with Crippen molar-refractivity contribution in [1.29, 1.82) is 5.41 Å². The molecule has 0 aliphatic rings. The summed E-state index contributed by atoms with van der Waals surface area (Å²) >= 11 is 0. The standard InChI is InChI=1S/C13H29N3O/c1-5-17-11-10-16(4)9-7-6-8-13(2,3)12(14)15/h5-11H2,1-4H3,(H3,14,15). The van der Waals surface area contributed by atoms with Gasteiger partial charge in [0.15, 0.2) is 0 Å². The van der Waals surface area contributed by atoms with E-state index < -0.39 is 0 Å². The highest BCUT2D eigenvalue weighted by Gasteiger charge is 2.20. The lowest BCUT2D eigenvalue weighted by atomic mass is 9.86. The van der Waals surface area contributed by atoms with Crippen molar-refractivity contribution in [2.75, 3.05) is 33.4 Å². The summed E-state index contributed by atoms with van der Waals surface area (Å²) < 4.78 is 5.31. The minimum absolute atomic E-state index is 0.149. The first-order chi connectivity index (χ1) is 7.90. The molecule has 0 saturated carbocycles. The normalized spacial score (nSPS) is 12.1. The van der Waals surface area contributed by atoms with E-state index in [1.54, 1.807) is 0 Å². The van der Waals surface area contributed by atoms with E-state index in [9.17, 15) is 0 Å². The SMILES string of the molecule is CCOCCN(C)CCCCC(C)(C)C(=N)N. The molecular weight excluding hydrogens is 214 g/mol. The second-order valence-corrected chi connectivity index (χ2v) is 5.25.